The fourth-order valence-corrected chi connectivity index (χ4v) is 6.39. The molecule has 9 nitrogen and oxygen atoms in total. The molecule has 5 atom stereocenters. The number of rotatable bonds is 6. The maximum Gasteiger partial charge on any atom is 0.246 e. The van der Waals surface area contributed by atoms with Gasteiger partial charge in [-0.3, -0.25) is 14.6 Å². The number of aromatic nitrogens is 3. The van der Waals surface area contributed by atoms with Crippen molar-refractivity contribution in [2.24, 2.45) is 22.7 Å². The molecule has 0 spiro atoms. The molecule has 1 unspecified atom stereocenters. The standard InChI is InChI=1S/C29H31Cl2N7O2/c1-28(2,3)25(37-21-13-34-20(31)12-35-21)27(40)38-14-17-23(29(17,4)5)24(38)26(39)36-19(9-32)16-11-33-10-15-7-6-8-18(30)22(15)16/h6-8,10-13,17,19,23-25H,14H2,1-5H3,(H,35,37)(H,36,39)/t17-,19?,23-,24-,25+/m0/s1. The molecular formula is C29H31Cl2N7O2. The molecule has 1 aliphatic heterocycles. The summed E-state index contributed by atoms with van der Waals surface area (Å²) in [5.74, 6) is -0.0247. The van der Waals surface area contributed by atoms with Gasteiger partial charge in [0.25, 0.3) is 0 Å². The van der Waals surface area contributed by atoms with E-state index in [1.54, 1.807) is 23.4 Å². The highest BCUT2D eigenvalue weighted by molar-refractivity contribution is 6.35. The Balaban J connectivity index is 1.44. The number of carbonyl (C=O) groups is 2. The Bertz CT molecular complexity index is 1510. The Labute approximate surface area is 243 Å². The maximum absolute atomic E-state index is 14.1. The first-order chi connectivity index (χ1) is 18.8. The lowest BCUT2D eigenvalue weighted by atomic mass is 9.85. The normalized spacial score (nSPS) is 22.6. The number of pyridine rings is 1. The molecule has 0 bridgehead atoms. The van der Waals surface area contributed by atoms with Crippen LogP contribution in [0.25, 0.3) is 10.8 Å². The van der Waals surface area contributed by atoms with E-state index in [4.69, 9.17) is 23.2 Å². The zero-order valence-corrected chi connectivity index (χ0v) is 24.5. The number of hydrogen-bond acceptors (Lipinski definition) is 7. The summed E-state index contributed by atoms with van der Waals surface area (Å²) in [6.07, 6.45) is 6.11. The van der Waals surface area contributed by atoms with Crippen molar-refractivity contribution in [3.63, 3.8) is 0 Å². The summed E-state index contributed by atoms with van der Waals surface area (Å²) in [5, 5.41) is 18.4. The van der Waals surface area contributed by atoms with E-state index in [1.165, 1.54) is 12.4 Å². The number of carbonyl (C=O) groups excluding carboxylic acids is 2. The van der Waals surface area contributed by atoms with Gasteiger partial charge in [0.05, 0.1) is 18.5 Å². The molecule has 2 aliphatic rings. The van der Waals surface area contributed by atoms with Gasteiger partial charge in [0.1, 0.15) is 29.1 Å². The minimum Gasteiger partial charge on any atom is -0.357 e. The van der Waals surface area contributed by atoms with Crippen molar-refractivity contribution in [1.29, 1.82) is 5.26 Å². The smallest absolute Gasteiger partial charge is 0.246 e. The van der Waals surface area contributed by atoms with Crippen molar-refractivity contribution in [3.8, 4) is 6.07 Å². The van der Waals surface area contributed by atoms with Crippen LogP contribution in [-0.2, 0) is 9.59 Å². The Morgan fingerprint density at radius 2 is 1.90 bits per heavy atom. The van der Waals surface area contributed by atoms with Gasteiger partial charge in [0, 0.05) is 40.3 Å². The van der Waals surface area contributed by atoms with Gasteiger partial charge in [0.2, 0.25) is 11.8 Å². The number of amides is 2. The topological polar surface area (TPSA) is 124 Å². The number of halogens is 2. The highest BCUT2D eigenvalue weighted by atomic mass is 35.5. The molecule has 1 aromatic carbocycles. The van der Waals surface area contributed by atoms with Gasteiger partial charge < -0.3 is 15.5 Å². The van der Waals surface area contributed by atoms with Gasteiger partial charge in [-0.2, -0.15) is 5.26 Å². The summed E-state index contributed by atoms with van der Waals surface area (Å²) in [7, 11) is 0. The summed E-state index contributed by atoms with van der Waals surface area (Å²) in [6, 6.07) is 5.18. The monoisotopic (exact) mass is 579 g/mol. The number of fused-ring (bicyclic) bond motifs is 2. The molecule has 2 aromatic heterocycles. The molecule has 11 heteroatoms. The number of piperidine rings is 1. The third kappa shape index (κ3) is 4.95. The molecule has 1 saturated carbocycles. The fourth-order valence-electron chi connectivity index (χ4n) is 6.00. The summed E-state index contributed by atoms with van der Waals surface area (Å²) in [6.45, 7) is 10.5. The first-order valence-electron chi connectivity index (χ1n) is 13.1. The van der Waals surface area contributed by atoms with Gasteiger partial charge in [-0.25, -0.2) is 9.97 Å². The lowest BCUT2D eigenvalue weighted by molar-refractivity contribution is -0.142. The third-order valence-electron chi connectivity index (χ3n) is 8.27. The Morgan fingerprint density at radius 1 is 1.15 bits per heavy atom. The highest BCUT2D eigenvalue weighted by Crippen LogP contribution is 2.65. The van der Waals surface area contributed by atoms with Crippen molar-refractivity contribution >= 4 is 51.6 Å². The summed E-state index contributed by atoms with van der Waals surface area (Å²) in [5.41, 5.74) is -0.100. The van der Waals surface area contributed by atoms with Crippen LogP contribution < -0.4 is 10.6 Å². The number of anilines is 1. The fraction of sp³-hybridized carbons (Fsp3) is 0.448. The van der Waals surface area contributed by atoms with E-state index in [0.29, 0.717) is 28.3 Å². The van der Waals surface area contributed by atoms with Crippen LogP contribution in [-0.4, -0.2) is 50.3 Å². The average molecular weight is 581 g/mol. The van der Waals surface area contributed by atoms with E-state index < -0.39 is 23.5 Å². The summed E-state index contributed by atoms with van der Waals surface area (Å²) >= 11 is 12.4. The minimum absolute atomic E-state index is 0.0269. The zero-order valence-electron chi connectivity index (χ0n) is 22.9. The molecule has 40 heavy (non-hydrogen) atoms. The molecular weight excluding hydrogens is 549 g/mol. The molecule has 208 valence electrons. The highest BCUT2D eigenvalue weighted by Gasteiger charge is 2.69. The van der Waals surface area contributed by atoms with Gasteiger partial charge >= 0.3 is 0 Å². The van der Waals surface area contributed by atoms with Crippen LogP contribution in [0, 0.1) is 34.0 Å². The second-order valence-corrected chi connectivity index (χ2v) is 13.0. The zero-order chi connectivity index (χ0) is 29.0. The molecule has 1 aliphatic carbocycles. The Kier molecular flexibility index (Phi) is 7.13. The van der Waals surface area contributed by atoms with E-state index in [-0.39, 0.29) is 34.2 Å². The second-order valence-electron chi connectivity index (χ2n) is 12.2. The largest absolute Gasteiger partial charge is 0.357 e. The van der Waals surface area contributed by atoms with Crippen LogP contribution in [0.3, 0.4) is 0 Å². The average Bonchev–Trinajstić information content (AvgIpc) is 3.22. The lowest BCUT2D eigenvalue weighted by Gasteiger charge is -2.38. The number of nitriles is 1. The van der Waals surface area contributed by atoms with Crippen molar-refractivity contribution in [3.05, 3.63) is 58.7 Å². The minimum atomic E-state index is -0.998. The van der Waals surface area contributed by atoms with Crippen molar-refractivity contribution in [2.45, 2.75) is 52.7 Å². The molecule has 1 saturated heterocycles. The van der Waals surface area contributed by atoms with Crippen LogP contribution in [0.4, 0.5) is 5.82 Å². The van der Waals surface area contributed by atoms with E-state index >= 15 is 0 Å². The van der Waals surface area contributed by atoms with E-state index in [2.05, 4.69) is 45.5 Å². The number of nitrogens with one attached hydrogen (secondary N) is 2. The molecule has 3 aromatic rings. The predicted molar refractivity (Wildman–Crippen MR) is 153 cm³/mol. The maximum atomic E-state index is 14.1. The van der Waals surface area contributed by atoms with Crippen LogP contribution >= 0.6 is 23.2 Å². The van der Waals surface area contributed by atoms with E-state index in [9.17, 15) is 14.9 Å². The molecule has 0 radical (unpaired) electrons. The van der Waals surface area contributed by atoms with Crippen LogP contribution in [0.15, 0.2) is 43.0 Å². The van der Waals surface area contributed by atoms with E-state index in [0.717, 1.165) is 5.39 Å². The number of likely N-dealkylation sites (tertiary alicyclic amines) is 1. The van der Waals surface area contributed by atoms with E-state index in [1.807, 2.05) is 32.9 Å². The summed E-state index contributed by atoms with van der Waals surface area (Å²) in [4.78, 5) is 42.3. The Morgan fingerprint density at radius 3 is 2.55 bits per heavy atom. The molecule has 2 N–H and O–H groups in total. The predicted octanol–water partition coefficient (Wildman–Crippen LogP) is 5.02. The molecule has 3 heterocycles. The number of benzene rings is 1. The van der Waals surface area contributed by atoms with Crippen LogP contribution in [0.5, 0.6) is 0 Å². The molecule has 5 rings (SSSR count). The number of hydrogen-bond donors (Lipinski definition) is 2. The first-order valence-corrected chi connectivity index (χ1v) is 13.9. The SMILES string of the molecule is CC(C)(C)[C@H](Nc1cnc(Cl)cn1)C(=O)N1C[C@H]2[C@@H]([C@H]1C(=O)NC(C#N)c1cncc3cccc(Cl)c13)C2(C)C. The van der Waals surface area contributed by atoms with Crippen molar-refractivity contribution in [2.75, 3.05) is 11.9 Å². The van der Waals surface area contributed by atoms with Crippen LogP contribution in [0.1, 0.15) is 46.2 Å². The van der Waals surface area contributed by atoms with Crippen molar-refractivity contribution < 1.29 is 9.59 Å². The van der Waals surface area contributed by atoms with Gasteiger partial charge in [0.15, 0.2) is 0 Å². The van der Waals surface area contributed by atoms with Crippen molar-refractivity contribution in [1.82, 2.24) is 25.2 Å². The van der Waals surface area contributed by atoms with Gasteiger partial charge in [-0.05, 0) is 28.7 Å². The Hall–Kier alpha value is -3.48. The molecule has 2 amide bonds. The quantitative estimate of drug-likeness (QED) is 0.420. The van der Waals surface area contributed by atoms with Crippen LogP contribution in [0.2, 0.25) is 10.2 Å². The van der Waals surface area contributed by atoms with Gasteiger partial charge in [-0.1, -0.05) is 70.0 Å². The molecule has 2 fully saturated rings. The summed E-state index contributed by atoms with van der Waals surface area (Å²) < 4.78 is 0. The van der Waals surface area contributed by atoms with Gasteiger partial charge in [-0.15, -0.1) is 0 Å². The lowest BCUT2D eigenvalue weighted by Crippen LogP contribution is -2.56. The first kappa shape index (κ1) is 28.1. The second kappa shape index (κ2) is 10.2. The third-order valence-corrected chi connectivity index (χ3v) is 8.78. The number of nitrogens with zero attached hydrogens (tertiary/aromatic N) is 5.